The number of hydrogen-bond donors (Lipinski definition) is 1. The van der Waals surface area contributed by atoms with E-state index in [1.807, 2.05) is 37.9 Å². The third-order valence-corrected chi connectivity index (χ3v) is 4.49. The van der Waals surface area contributed by atoms with E-state index in [2.05, 4.69) is 17.2 Å². The van der Waals surface area contributed by atoms with E-state index in [0.29, 0.717) is 4.86 Å². The van der Waals surface area contributed by atoms with Gasteiger partial charge in [-0.25, -0.2) is 13.8 Å². The van der Waals surface area contributed by atoms with Crippen molar-refractivity contribution in [1.29, 1.82) is 0 Å². The van der Waals surface area contributed by atoms with Crippen LogP contribution < -0.4 is 5.32 Å². The first kappa shape index (κ1) is 20.0. The lowest BCUT2D eigenvalue weighted by Crippen LogP contribution is -2.16. The second-order valence-corrected chi connectivity index (χ2v) is 6.64. The topological polar surface area (TPSA) is 27.6 Å². The first-order valence-electron chi connectivity index (χ1n) is 8.40. The molecular formula is C20H23F2N3S. The standard InChI is InChI=1S/C20H23F2N3S/c1-5-25(4)12-24-18-10-13(2)15(9-14(18)3)19(26)11-23-20-16(21)7-6-8-17(20)22/h6-10,12,23H,5,11H2,1-4H3/b24-12-. The van der Waals surface area contributed by atoms with Crippen molar-refractivity contribution >= 4 is 34.8 Å². The Morgan fingerprint density at radius 3 is 2.46 bits per heavy atom. The van der Waals surface area contributed by atoms with E-state index in [-0.39, 0.29) is 12.2 Å². The van der Waals surface area contributed by atoms with Crippen LogP contribution in [-0.2, 0) is 0 Å². The molecule has 0 saturated carbocycles. The monoisotopic (exact) mass is 375 g/mol. The highest BCUT2D eigenvalue weighted by atomic mass is 32.1. The Hall–Kier alpha value is -2.34. The van der Waals surface area contributed by atoms with Gasteiger partial charge in [0.2, 0.25) is 0 Å². The molecule has 0 heterocycles. The molecular weight excluding hydrogens is 352 g/mol. The van der Waals surface area contributed by atoms with Crippen molar-refractivity contribution in [2.75, 3.05) is 25.5 Å². The Morgan fingerprint density at radius 2 is 1.85 bits per heavy atom. The second kappa shape index (κ2) is 8.85. The van der Waals surface area contributed by atoms with Crippen molar-refractivity contribution in [2.45, 2.75) is 20.8 Å². The van der Waals surface area contributed by atoms with E-state index in [0.717, 1.165) is 28.9 Å². The molecule has 0 fully saturated rings. The quantitative estimate of drug-likeness (QED) is 0.319. The number of aryl methyl sites for hydroxylation is 2. The lowest BCUT2D eigenvalue weighted by Gasteiger charge is -2.14. The molecule has 138 valence electrons. The van der Waals surface area contributed by atoms with Gasteiger partial charge in [-0.2, -0.15) is 0 Å². The van der Waals surface area contributed by atoms with Gasteiger partial charge in [-0.3, -0.25) is 0 Å². The number of para-hydroxylation sites is 1. The maximum absolute atomic E-state index is 13.7. The molecule has 0 amide bonds. The summed E-state index contributed by atoms with van der Waals surface area (Å²) >= 11 is 5.47. The summed E-state index contributed by atoms with van der Waals surface area (Å²) in [6, 6.07) is 7.70. The molecule has 0 aliphatic carbocycles. The Labute approximate surface area is 158 Å². The average Bonchev–Trinajstić information content (AvgIpc) is 2.61. The summed E-state index contributed by atoms with van der Waals surface area (Å²) in [5, 5.41) is 2.76. The minimum Gasteiger partial charge on any atom is -0.375 e. The zero-order valence-electron chi connectivity index (χ0n) is 15.4. The van der Waals surface area contributed by atoms with Crippen LogP contribution in [0.4, 0.5) is 20.2 Å². The Kier molecular flexibility index (Phi) is 6.80. The number of benzene rings is 2. The summed E-state index contributed by atoms with van der Waals surface area (Å²) in [5.74, 6) is -1.27. The molecule has 2 rings (SSSR count). The van der Waals surface area contributed by atoms with Crippen LogP contribution in [0.15, 0.2) is 35.3 Å². The maximum atomic E-state index is 13.7. The fourth-order valence-corrected chi connectivity index (χ4v) is 2.71. The molecule has 0 radical (unpaired) electrons. The summed E-state index contributed by atoms with van der Waals surface area (Å²) in [4.78, 5) is 7.08. The van der Waals surface area contributed by atoms with Gasteiger partial charge in [-0.1, -0.05) is 18.3 Å². The second-order valence-electron chi connectivity index (χ2n) is 6.14. The van der Waals surface area contributed by atoms with Crippen molar-refractivity contribution in [2.24, 2.45) is 4.99 Å². The molecule has 0 bridgehead atoms. The minimum atomic E-state index is -0.634. The van der Waals surface area contributed by atoms with Crippen LogP contribution in [0.3, 0.4) is 0 Å². The number of nitrogens with zero attached hydrogens (tertiary/aromatic N) is 2. The molecule has 3 nitrogen and oxygen atoms in total. The number of aliphatic imine (C=N–C) groups is 1. The third-order valence-electron chi connectivity index (χ3n) is 4.12. The Morgan fingerprint density at radius 1 is 1.19 bits per heavy atom. The van der Waals surface area contributed by atoms with Crippen molar-refractivity contribution in [3.05, 3.63) is 58.7 Å². The molecule has 6 heteroatoms. The minimum absolute atomic E-state index is 0.159. The normalized spacial score (nSPS) is 11.0. The average molecular weight is 375 g/mol. The van der Waals surface area contributed by atoms with Crippen LogP contribution in [0, 0.1) is 25.5 Å². The van der Waals surface area contributed by atoms with Gasteiger partial charge >= 0.3 is 0 Å². The van der Waals surface area contributed by atoms with Crippen LogP contribution in [0.5, 0.6) is 0 Å². The number of halogens is 2. The zero-order valence-corrected chi connectivity index (χ0v) is 16.3. The molecule has 2 aromatic carbocycles. The first-order valence-corrected chi connectivity index (χ1v) is 8.81. The van der Waals surface area contributed by atoms with Crippen molar-refractivity contribution in [1.82, 2.24) is 4.90 Å². The van der Waals surface area contributed by atoms with Gasteiger partial charge in [-0.05, 0) is 61.7 Å². The van der Waals surface area contributed by atoms with Gasteiger partial charge in [0.05, 0.1) is 18.6 Å². The fraction of sp³-hybridized carbons (Fsp3) is 0.300. The van der Waals surface area contributed by atoms with Crippen molar-refractivity contribution in [3.8, 4) is 0 Å². The summed E-state index contributed by atoms with van der Waals surface area (Å²) in [5.41, 5.74) is 3.56. The summed E-state index contributed by atoms with van der Waals surface area (Å²) in [6.07, 6.45) is 1.79. The zero-order chi connectivity index (χ0) is 19.3. The van der Waals surface area contributed by atoms with E-state index < -0.39 is 11.6 Å². The van der Waals surface area contributed by atoms with Gasteiger partial charge < -0.3 is 10.2 Å². The van der Waals surface area contributed by atoms with Crippen LogP contribution in [0.1, 0.15) is 23.6 Å². The smallest absolute Gasteiger partial charge is 0.149 e. The molecule has 0 aliphatic rings. The molecule has 0 unspecified atom stereocenters. The van der Waals surface area contributed by atoms with Gasteiger partial charge in [-0.15, -0.1) is 0 Å². The molecule has 0 aromatic heterocycles. The predicted molar refractivity (Wildman–Crippen MR) is 109 cm³/mol. The predicted octanol–water partition coefficient (Wildman–Crippen LogP) is 5.02. The summed E-state index contributed by atoms with van der Waals surface area (Å²) < 4.78 is 27.4. The molecule has 0 spiro atoms. The van der Waals surface area contributed by atoms with E-state index >= 15 is 0 Å². The molecule has 1 N–H and O–H groups in total. The van der Waals surface area contributed by atoms with Gasteiger partial charge in [0.1, 0.15) is 17.3 Å². The molecule has 0 atom stereocenters. The van der Waals surface area contributed by atoms with Crippen molar-refractivity contribution < 1.29 is 8.78 Å². The maximum Gasteiger partial charge on any atom is 0.149 e. The fourth-order valence-electron chi connectivity index (χ4n) is 2.41. The number of anilines is 1. The van der Waals surface area contributed by atoms with Crippen LogP contribution >= 0.6 is 12.2 Å². The number of rotatable bonds is 7. The summed E-state index contributed by atoms with van der Waals surface area (Å²) in [6.45, 7) is 7.02. The Bertz CT molecular complexity index is 814. The number of thiocarbonyl (C=S) groups is 1. The van der Waals surface area contributed by atoms with Gasteiger partial charge in [0, 0.05) is 18.5 Å². The van der Waals surface area contributed by atoms with E-state index in [1.165, 1.54) is 18.2 Å². The highest BCUT2D eigenvalue weighted by Crippen LogP contribution is 2.24. The molecule has 0 aliphatic heterocycles. The van der Waals surface area contributed by atoms with Crippen LogP contribution in [-0.4, -0.2) is 36.2 Å². The molecule has 2 aromatic rings. The highest BCUT2D eigenvalue weighted by molar-refractivity contribution is 7.81. The summed E-state index contributed by atoms with van der Waals surface area (Å²) in [7, 11) is 1.96. The SMILES string of the molecule is CCN(C)/C=N\c1cc(C)c(C(=S)CNc2c(F)cccc2F)cc1C. The molecule has 0 saturated heterocycles. The highest BCUT2D eigenvalue weighted by Gasteiger charge is 2.12. The number of nitrogens with one attached hydrogen (secondary N) is 1. The van der Waals surface area contributed by atoms with Gasteiger partial charge in [0.25, 0.3) is 0 Å². The van der Waals surface area contributed by atoms with E-state index in [9.17, 15) is 8.78 Å². The lowest BCUT2D eigenvalue weighted by molar-refractivity contribution is 0.552. The van der Waals surface area contributed by atoms with Crippen LogP contribution in [0.25, 0.3) is 0 Å². The van der Waals surface area contributed by atoms with Crippen LogP contribution in [0.2, 0.25) is 0 Å². The lowest BCUT2D eigenvalue weighted by atomic mass is 10.0. The Balaban J connectivity index is 2.17. The first-order chi connectivity index (χ1) is 12.3. The van der Waals surface area contributed by atoms with Gasteiger partial charge in [0.15, 0.2) is 0 Å². The largest absolute Gasteiger partial charge is 0.375 e. The number of hydrogen-bond acceptors (Lipinski definition) is 3. The van der Waals surface area contributed by atoms with E-state index in [1.54, 1.807) is 6.34 Å². The third kappa shape index (κ3) is 4.85. The molecule has 26 heavy (non-hydrogen) atoms. The van der Waals surface area contributed by atoms with Crippen molar-refractivity contribution in [3.63, 3.8) is 0 Å². The van der Waals surface area contributed by atoms with E-state index in [4.69, 9.17) is 12.2 Å².